The van der Waals surface area contributed by atoms with Crippen molar-refractivity contribution in [2.75, 3.05) is 12.4 Å². The van der Waals surface area contributed by atoms with Crippen molar-refractivity contribution in [1.82, 2.24) is 20.0 Å². The van der Waals surface area contributed by atoms with Crippen LogP contribution in [0.25, 0.3) is 11.3 Å². The van der Waals surface area contributed by atoms with Crippen LogP contribution in [0.4, 0.5) is 5.82 Å². The fourth-order valence-electron chi connectivity index (χ4n) is 2.91. The van der Waals surface area contributed by atoms with Crippen LogP contribution >= 0.6 is 27.5 Å². The van der Waals surface area contributed by atoms with E-state index < -0.39 is 0 Å². The lowest BCUT2D eigenvalue weighted by atomic mass is 10.1. The van der Waals surface area contributed by atoms with Gasteiger partial charge in [0.05, 0.1) is 23.8 Å². The van der Waals surface area contributed by atoms with E-state index in [1.54, 1.807) is 24.1 Å². The fraction of sp³-hybridized carbons (Fsp3) is 0.0952. The van der Waals surface area contributed by atoms with Gasteiger partial charge in [-0.2, -0.15) is 10.2 Å². The first kappa shape index (κ1) is 20.2. The number of anilines is 1. The van der Waals surface area contributed by atoms with Crippen LogP contribution in [0.15, 0.2) is 65.3 Å². The van der Waals surface area contributed by atoms with E-state index in [1.807, 2.05) is 48.5 Å². The minimum Gasteiger partial charge on any atom is -0.497 e. The van der Waals surface area contributed by atoms with Crippen molar-refractivity contribution in [2.45, 2.75) is 6.54 Å². The van der Waals surface area contributed by atoms with Crippen LogP contribution in [0.2, 0.25) is 5.02 Å². The minimum atomic E-state index is -0.347. The first-order chi connectivity index (χ1) is 14.5. The number of nitrogens with one attached hydrogen (secondary N) is 2. The number of methoxy groups -OCH3 is 1. The summed E-state index contributed by atoms with van der Waals surface area (Å²) in [7, 11) is 1.60. The minimum absolute atomic E-state index is 0.320. The summed E-state index contributed by atoms with van der Waals surface area (Å²) in [6, 6.07) is 16.7. The van der Waals surface area contributed by atoms with Gasteiger partial charge in [-0.1, -0.05) is 41.9 Å². The predicted octanol–water partition coefficient (Wildman–Crippen LogP) is 5.00. The summed E-state index contributed by atoms with van der Waals surface area (Å²) in [5, 5.41) is 14.9. The first-order valence-corrected chi connectivity index (χ1v) is 10.2. The molecule has 7 nitrogen and oxygen atoms in total. The van der Waals surface area contributed by atoms with Crippen LogP contribution in [-0.2, 0) is 6.54 Å². The number of carbonyl (C=O) groups excluding carboxylic acids is 1. The number of carbonyl (C=O) groups is 1. The monoisotopic (exact) mass is 485 g/mol. The van der Waals surface area contributed by atoms with Gasteiger partial charge in [-0.15, -0.1) is 0 Å². The Morgan fingerprint density at radius 1 is 1.23 bits per heavy atom. The molecular formula is C21H17BrClN5O2. The number of benzene rings is 2. The molecular weight excluding hydrogens is 470 g/mol. The molecule has 0 radical (unpaired) electrons. The molecule has 0 saturated carbocycles. The van der Waals surface area contributed by atoms with Crippen LogP contribution in [0.5, 0.6) is 5.75 Å². The average Bonchev–Trinajstić information content (AvgIpc) is 3.37. The molecule has 4 aromatic rings. The Morgan fingerprint density at radius 2 is 2.07 bits per heavy atom. The van der Waals surface area contributed by atoms with Gasteiger partial charge in [0.1, 0.15) is 11.4 Å². The van der Waals surface area contributed by atoms with E-state index in [9.17, 15) is 4.79 Å². The van der Waals surface area contributed by atoms with Gasteiger partial charge in [0, 0.05) is 16.8 Å². The molecule has 2 heterocycles. The Bertz CT molecular complexity index is 1200. The molecule has 9 heteroatoms. The van der Waals surface area contributed by atoms with Crippen LogP contribution in [0, 0.1) is 0 Å². The van der Waals surface area contributed by atoms with Crippen molar-refractivity contribution in [3.8, 4) is 17.0 Å². The van der Waals surface area contributed by atoms with Crippen LogP contribution in [0.3, 0.4) is 0 Å². The molecule has 2 N–H and O–H groups in total. The Balaban J connectivity index is 1.49. The molecule has 0 bridgehead atoms. The zero-order chi connectivity index (χ0) is 21.1. The second kappa shape index (κ2) is 8.73. The zero-order valence-electron chi connectivity index (χ0n) is 15.9. The maximum atomic E-state index is 12.7. The van der Waals surface area contributed by atoms with Crippen molar-refractivity contribution < 1.29 is 9.53 Å². The number of ether oxygens (including phenoxy) is 1. The van der Waals surface area contributed by atoms with Crippen molar-refractivity contribution in [3.63, 3.8) is 0 Å². The molecule has 0 fully saturated rings. The number of nitrogens with zero attached hydrogens (tertiary/aromatic N) is 3. The number of aromatic nitrogens is 4. The smallest absolute Gasteiger partial charge is 0.274 e. The van der Waals surface area contributed by atoms with E-state index >= 15 is 0 Å². The second-order valence-electron chi connectivity index (χ2n) is 6.47. The number of amides is 1. The molecule has 0 unspecified atom stereocenters. The van der Waals surface area contributed by atoms with Crippen molar-refractivity contribution in [1.29, 1.82) is 0 Å². The molecule has 0 saturated heterocycles. The van der Waals surface area contributed by atoms with Gasteiger partial charge < -0.3 is 10.1 Å². The largest absolute Gasteiger partial charge is 0.497 e. The Kier molecular flexibility index (Phi) is 5.87. The van der Waals surface area contributed by atoms with Gasteiger partial charge in [-0.05, 0) is 45.8 Å². The molecule has 2 aromatic heterocycles. The van der Waals surface area contributed by atoms with E-state index in [1.165, 1.54) is 0 Å². The van der Waals surface area contributed by atoms with Crippen molar-refractivity contribution >= 4 is 39.3 Å². The molecule has 0 atom stereocenters. The molecule has 4 rings (SSSR count). The van der Waals surface area contributed by atoms with Gasteiger partial charge in [-0.3, -0.25) is 14.6 Å². The highest BCUT2D eigenvalue weighted by Gasteiger charge is 2.16. The predicted molar refractivity (Wildman–Crippen MR) is 119 cm³/mol. The molecule has 0 aliphatic heterocycles. The van der Waals surface area contributed by atoms with Gasteiger partial charge in [-0.25, -0.2) is 0 Å². The number of hydrogen-bond acceptors (Lipinski definition) is 4. The lowest BCUT2D eigenvalue weighted by Gasteiger charge is -2.04. The molecule has 1 amide bonds. The summed E-state index contributed by atoms with van der Waals surface area (Å²) in [5.41, 5.74) is 2.74. The quantitative estimate of drug-likeness (QED) is 0.402. The van der Waals surface area contributed by atoms with E-state index in [0.717, 1.165) is 16.9 Å². The maximum absolute atomic E-state index is 12.7. The lowest BCUT2D eigenvalue weighted by molar-refractivity contribution is 0.102. The summed E-state index contributed by atoms with van der Waals surface area (Å²) in [6.45, 7) is 0.484. The third kappa shape index (κ3) is 4.39. The lowest BCUT2D eigenvalue weighted by Crippen LogP contribution is -2.13. The maximum Gasteiger partial charge on any atom is 0.274 e. The highest BCUT2D eigenvalue weighted by molar-refractivity contribution is 9.10. The van der Waals surface area contributed by atoms with Gasteiger partial charge >= 0.3 is 0 Å². The number of hydrogen-bond donors (Lipinski definition) is 2. The number of rotatable bonds is 6. The van der Waals surface area contributed by atoms with Crippen molar-refractivity contribution in [2.24, 2.45) is 0 Å². The Morgan fingerprint density at radius 3 is 2.87 bits per heavy atom. The fourth-order valence-corrected chi connectivity index (χ4v) is 3.52. The third-order valence-electron chi connectivity index (χ3n) is 4.43. The molecule has 0 aliphatic rings. The van der Waals surface area contributed by atoms with Gasteiger partial charge in [0.15, 0.2) is 5.82 Å². The average molecular weight is 487 g/mol. The van der Waals surface area contributed by atoms with E-state index in [2.05, 4.69) is 36.5 Å². The molecule has 0 spiro atoms. The Labute approximate surface area is 186 Å². The topological polar surface area (TPSA) is 84.8 Å². The number of halogens is 2. The summed E-state index contributed by atoms with van der Waals surface area (Å²) in [6.07, 6.45) is 1.79. The summed E-state index contributed by atoms with van der Waals surface area (Å²) >= 11 is 9.65. The molecule has 152 valence electrons. The third-order valence-corrected chi connectivity index (χ3v) is 5.38. The van der Waals surface area contributed by atoms with E-state index in [0.29, 0.717) is 33.2 Å². The molecule has 2 aromatic carbocycles. The Hall–Kier alpha value is -3.10. The standard InChI is InChI=1S/C21H17BrClN5O2/c1-30-15-7-4-6-13(9-15)18-10-19(26-25-18)21(29)24-20-16(22)12-28(27-20)11-14-5-2-3-8-17(14)23/h2-10,12H,11H2,1H3,(H,25,26)(H,24,27,29). The normalized spacial score (nSPS) is 10.8. The summed E-state index contributed by atoms with van der Waals surface area (Å²) in [4.78, 5) is 12.7. The molecule has 0 aliphatic carbocycles. The van der Waals surface area contributed by atoms with Gasteiger partial charge in [0.2, 0.25) is 0 Å². The second-order valence-corrected chi connectivity index (χ2v) is 7.73. The van der Waals surface area contributed by atoms with E-state index in [4.69, 9.17) is 16.3 Å². The summed E-state index contributed by atoms with van der Waals surface area (Å²) < 4.78 is 7.60. The number of H-pyrrole nitrogens is 1. The van der Waals surface area contributed by atoms with Crippen LogP contribution in [-0.4, -0.2) is 33.0 Å². The first-order valence-electron chi connectivity index (χ1n) is 9.01. The van der Waals surface area contributed by atoms with E-state index in [-0.39, 0.29) is 5.91 Å². The summed E-state index contributed by atoms with van der Waals surface area (Å²) in [5.74, 6) is 0.777. The van der Waals surface area contributed by atoms with Crippen LogP contribution in [0.1, 0.15) is 16.1 Å². The molecule has 30 heavy (non-hydrogen) atoms. The zero-order valence-corrected chi connectivity index (χ0v) is 18.2. The highest BCUT2D eigenvalue weighted by atomic mass is 79.9. The highest BCUT2D eigenvalue weighted by Crippen LogP contribution is 2.25. The number of aromatic amines is 1. The SMILES string of the molecule is COc1cccc(-c2cc(C(=O)Nc3nn(Cc4ccccc4Cl)cc3Br)[nH]n2)c1. The van der Waals surface area contributed by atoms with Gasteiger partial charge in [0.25, 0.3) is 5.91 Å². The van der Waals surface area contributed by atoms with Crippen molar-refractivity contribution in [3.05, 3.63) is 81.5 Å². The van der Waals surface area contributed by atoms with Crippen LogP contribution < -0.4 is 10.1 Å².